The molecule has 0 radical (unpaired) electrons. The van der Waals surface area contributed by atoms with E-state index in [9.17, 15) is 0 Å². The van der Waals surface area contributed by atoms with E-state index in [0.717, 1.165) is 0 Å². The Morgan fingerprint density at radius 1 is 0.500 bits per heavy atom. The van der Waals surface area contributed by atoms with Gasteiger partial charge < -0.3 is 12.3 Å². The van der Waals surface area contributed by atoms with Crippen molar-refractivity contribution in [3.63, 3.8) is 0 Å². The normalized spacial score (nSPS) is 0.500. The maximum absolute atomic E-state index is 3.00. The van der Waals surface area contributed by atoms with Crippen LogP contribution in [-0.4, -0.2) is 118 Å². The molecule has 0 spiro atoms. The Balaban J connectivity index is -0.000000000333. The third-order valence-electron chi connectivity index (χ3n) is 0. The zero-order valence-electron chi connectivity index (χ0n) is 2.83. The Kier molecular flexibility index (Phi) is 566. The van der Waals surface area contributed by atoms with Crippen molar-refractivity contribution in [1.82, 2.24) is 12.3 Å². The van der Waals surface area contributed by atoms with Crippen molar-refractivity contribution >= 4 is 118 Å². The van der Waals surface area contributed by atoms with Crippen LogP contribution in [0, 0.1) is 0 Å². The van der Waals surface area contributed by atoms with Crippen LogP contribution in [0.5, 0.6) is 0 Å². The van der Waals surface area contributed by atoms with Crippen LogP contribution in [-0.2, 0) is 0 Å². The van der Waals surface area contributed by atoms with Gasteiger partial charge in [-0.05, 0) is 0 Å². The van der Waals surface area contributed by atoms with E-state index >= 15 is 0 Å². The van der Waals surface area contributed by atoms with Crippen LogP contribution in [0.25, 0.3) is 0 Å². The summed E-state index contributed by atoms with van der Waals surface area (Å²) < 4.78 is 0. The average molecular weight is 158 g/mol. The topological polar surface area (TPSA) is 70.0 Å². The quantitative estimate of drug-likeness (QED) is 0.334. The van der Waals surface area contributed by atoms with E-state index in [4.69, 9.17) is 0 Å². The van der Waals surface area contributed by atoms with Gasteiger partial charge in [0.05, 0.1) is 0 Å². The van der Waals surface area contributed by atoms with Gasteiger partial charge in [0, 0.05) is 0 Å². The van der Waals surface area contributed by atoms with E-state index in [1.165, 1.54) is 0 Å². The van der Waals surface area contributed by atoms with Crippen LogP contribution in [0.3, 0.4) is 0 Å². The van der Waals surface area contributed by atoms with Crippen LogP contribution in [0.4, 0.5) is 0 Å². The van der Waals surface area contributed by atoms with Crippen LogP contribution in [0.2, 0.25) is 0 Å². The zero-order chi connectivity index (χ0) is 2.00. The Morgan fingerprint density at radius 2 is 0.500 bits per heavy atom. The Morgan fingerprint density at radius 3 is 0.500 bits per heavy atom. The molecule has 0 unspecified atom stereocenters. The molecule has 0 atom stereocenters. The standard InChI is InChI=1S/C2H4.2H3N.4Na.4H/c1-2;;;;;;;;;;/h1-2H2;2*1H3;;;;;;;;. The molecule has 0 saturated heterocycles. The molecule has 0 bridgehead atoms. The van der Waals surface area contributed by atoms with Gasteiger partial charge in [0.15, 0.2) is 0 Å². The van der Waals surface area contributed by atoms with Crippen molar-refractivity contribution in [2.24, 2.45) is 0 Å². The first-order valence-electron chi connectivity index (χ1n) is 0.500. The van der Waals surface area contributed by atoms with Gasteiger partial charge in [-0.15, -0.1) is 13.2 Å². The molecule has 8 heavy (non-hydrogen) atoms. The molecular weight excluding hydrogens is 144 g/mol. The predicted molar refractivity (Wildman–Crippen MR) is 49.9 cm³/mol. The van der Waals surface area contributed by atoms with Crippen LogP contribution in [0.15, 0.2) is 13.2 Å². The summed E-state index contributed by atoms with van der Waals surface area (Å²) in [5.74, 6) is 0. The second-order valence-corrected chi connectivity index (χ2v) is 0. The SMILES string of the molecule is C=C.N.N.[NaH].[NaH].[NaH].[NaH]. The van der Waals surface area contributed by atoms with Gasteiger partial charge >= 0.3 is 118 Å². The first-order chi connectivity index (χ1) is 1.00. The molecule has 6 N–H and O–H groups in total. The fourth-order valence-electron chi connectivity index (χ4n) is 0. The minimum absolute atomic E-state index is 0. The molecular formula is C2H14N2Na4. The monoisotopic (exact) mass is 158 g/mol. The summed E-state index contributed by atoms with van der Waals surface area (Å²) >= 11 is 0. The van der Waals surface area contributed by atoms with Crippen molar-refractivity contribution in [3.8, 4) is 0 Å². The summed E-state index contributed by atoms with van der Waals surface area (Å²) in [7, 11) is 0. The molecule has 0 aliphatic heterocycles. The second kappa shape index (κ2) is 74.3. The van der Waals surface area contributed by atoms with E-state index in [-0.39, 0.29) is 131 Å². The number of rotatable bonds is 0. The van der Waals surface area contributed by atoms with E-state index in [2.05, 4.69) is 13.2 Å². The average Bonchev–Trinajstić information content (AvgIpc) is 1.00. The molecule has 0 heterocycles. The Bertz CT molecular complexity index is 12.0. The zero-order valence-corrected chi connectivity index (χ0v) is 2.83. The van der Waals surface area contributed by atoms with E-state index in [1.54, 1.807) is 0 Å². The molecule has 0 fully saturated rings. The first kappa shape index (κ1) is 61.0. The van der Waals surface area contributed by atoms with Gasteiger partial charge in [-0.1, -0.05) is 0 Å². The van der Waals surface area contributed by atoms with Crippen LogP contribution < -0.4 is 12.3 Å². The summed E-state index contributed by atoms with van der Waals surface area (Å²) in [5, 5.41) is 0. The molecule has 0 saturated carbocycles. The van der Waals surface area contributed by atoms with Crippen LogP contribution >= 0.6 is 0 Å². The van der Waals surface area contributed by atoms with Crippen molar-refractivity contribution in [3.05, 3.63) is 13.2 Å². The fraction of sp³-hybridized carbons (Fsp3) is 0. The van der Waals surface area contributed by atoms with Gasteiger partial charge in [0.25, 0.3) is 0 Å². The van der Waals surface area contributed by atoms with E-state index in [0.29, 0.717) is 0 Å². The Hall–Kier alpha value is 3.66. The summed E-state index contributed by atoms with van der Waals surface area (Å²) in [5.41, 5.74) is 0. The molecule has 0 aromatic rings. The first-order valence-corrected chi connectivity index (χ1v) is 0.500. The van der Waals surface area contributed by atoms with E-state index < -0.39 is 0 Å². The number of hydrogen-bond acceptors (Lipinski definition) is 2. The molecule has 0 amide bonds. The van der Waals surface area contributed by atoms with Gasteiger partial charge in [-0.25, -0.2) is 0 Å². The molecule has 0 aromatic carbocycles. The summed E-state index contributed by atoms with van der Waals surface area (Å²) in [4.78, 5) is 0. The summed E-state index contributed by atoms with van der Waals surface area (Å²) in [6.45, 7) is 6.00. The van der Waals surface area contributed by atoms with Gasteiger partial charge in [-0.3, -0.25) is 0 Å². The van der Waals surface area contributed by atoms with Crippen molar-refractivity contribution in [2.75, 3.05) is 0 Å². The third-order valence-corrected chi connectivity index (χ3v) is 0. The molecule has 2 nitrogen and oxygen atoms in total. The molecule has 0 aliphatic rings. The van der Waals surface area contributed by atoms with Crippen molar-refractivity contribution in [1.29, 1.82) is 0 Å². The fourth-order valence-corrected chi connectivity index (χ4v) is 0. The number of hydrogen-bond donors (Lipinski definition) is 2. The minimum atomic E-state index is 0. The third kappa shape index (κ3) is 54.1. The van der Waals surface area contributed by atoms with Gasteiger partial charge in [-0.2, -0.15) is 0 Å². The summed E-state index contributed by atoms with van der Waals surface area (Å²) in [6.07, 6.45) is 0. The van der Waals surface area contributed by atoms with Crippen molar-refractivity contribution in [2.45, 2.75) is 0 Å². The predicted octanol–water partition coefficient (Wildman–Crippen LogP) is -1.47. The Labute approximate surface area is 140 Å². The summed E-state index contributed by atoms with van der Waals surface area (Å²) in [6, 6.07) is 0. The molecule has 6 heteroatoms. The molecule has 36 valence electrons. The van der Waals surface area contributed by atoms with E-state index in [1.807, 2.05) is 0 Å². The molecule has 0 aromatic heterocycles. The molecule has 0 aliphatic carbocycles. The second-order valence-electron chi connectivity index (χ2n) is 0. The van der Waals surface area contributed by atoms with Gasteiger partial charge in [0.1, 0.15) is 0 Å². The maximum atomic E-state index is 3.00. The van der Waals surface area contributed by atoms with Crippen molar-refractivity contribution < 1.29 is 0 Å². The van der Waals surface area contributed by atoms with Gasteiger partial charge in [0.2, 0.25) is 0 Å². The molecule has 0 rings (SSSR count). The van der Waals surface area contributed by atoms with Crippen LogP contribution in [0.1, 0.15) is 0 Å².